The summed E-state index contributed by atoms with van der Waals surface area (Å²) in [5.41, 5.74) is 1.47. The maximum absolute atomic E-state index is 5.88. The van der Waals surface area contributed by atoms with E-state index < -0.39 is 0 Å². The minimum absolute atomic E-state index is 0. The van der Waals surface area contributed by atoms with E-state index >= 15 is 0 Å². The lowest BCUT2D eigenvalue weighted by Gasteiger charge is -2.55. The minimum atomic E-state index is 0. The second kappa shape index (κ2) is 7.38. The molecule has 1 N–H and O–H groups in total. The lowest BCUT2D eigenvalue weighted by molar-refractivity contribution is -0.107. The Balaban J connectivity index is 0.00000192. The first-order chi connectivity index (χ1) is 10.5. The SMILES string of the molecule is CN=C(NC1C2CCOC2C1(C)C)N(C)Cc1ccccc1.I. The molecule has 0 radical (unpaired) electrons. The van der Waals surface area contributed by atoms with Crippen molar-refractivity contribution in [3.05, 3.63) is 35.9 Å². The summed E-state index contributed by atoms with van der Waals surface area (Å²) in [5, 5.41) is 3.68. The molecule has 0 aromatic heterocycles. The molecule has 3 rings (SSSR count). The van der Waals surface area contributed by atoms with E-state index in [2.05, 4.69) is 60.4 Å². The molecule has 1 aliphatic heterocycles. The zero-order valence-electron chi connectivity index (χ0n) is 14.5. The highest BCUT2D eigenvalue weighted by Gasteiger charge is 2.59. The Bertz CT molecular complexity index is 546. The molecule has 2 fully saturated rings. The Hall–Kier alpha value is -0.820. The number of nitrogens with zero attached hydrogens (tertiary/aromatic N) is 2. The van der Waals surface area contributed by atoms with Gasteiger partial charge in [-0.15, -0.1) is 24.0 Å². The van der Waals surface area contributed by atoms with Crippen molar-refractivity contribution in [2.75, 3.05) is 20.7 Å². The first kappa shape index (κ1) is 18.5. The van der Waals surface area contributed by atoms with Gasteiger partial charge in [-0.05, 0) is 12.0 Å². The van der Waals surface area contributed by atoms with Gasteiger partial charge in [0.1, 0.15) is 0 Å². The van der Waals surface area contributed by atoms with E-state index in [1.54, 1.807) is 0 Å². The van der Waals surface area contributed by atoms with Crippen LogP contribution in [0.25, 0.3) is 0 Å². The second-order valence-corrected chi connectivity index (χ2v) is 7.08. The predicted octanol–water partition coefficient (Wildman–Crippen LogP) is 3.13. The summed E-state index contributed by atoms with van der Waals surface area (Å²) >= 11 is 0. The average Bonchev–Trinajstić information content (AvgIpc) is 2.96. The van der Waals surface area contributed by atoms with E-state index in [1.165, 1.54) is 5.56 Å². The normalized spacial score (nSPS) is 28.3. The van der Waals surface area contributed by atoms with Crippen molar-refractivity contribution in [1.82, 2.24) is 10.2 Å². The van der Waals surface area contributed by atoms with Crippen molar-refractivity contribution in [2.24, 2.45) is 16.3 Å². The minimum Gasteiger partial charge on any atom is -0.377 e. The summed E-state index contributed by atoms with van der Waals surface area (Å²) in [7, 11) is 3.95. The van der Waals surface area contributed by atoms with Gasteiger partial charge in [0, 0.05) is 44.6 Å². The van der Waals surface area contributed by atoms with Crippen LogP contribution < -0.4 is 5.32 Å². The number of nitrogens with one attached hydrogen (secondary N) is 1. The smallest absolute Gasteiger partial charge is 0.193 e. The molecule has 1 aliphatic carbocycles. The van der Waals surface area contributed by atoms with E-state index in [-0.39, 0.29) is 29.4 Å². The molecule has 1 saturated heterocycles. The van der Waals surface area contributed by atoms with E-state index in [0.717, 1.165) is 25.5 Å². The quantitative estimate of drug-likeness (QED) is 0.456. The average molecular weight is 429 g/mol. The lowest BCUT2D eigenvalue weighted by Crippen LogP contribution is -2.67. The van der Waals surface area contributed by atoms with Crippen LogP contribution in [-0.4, -0.2) is 43.7 Å². The second-order valence-electron chi connectivity index (χ2n) is 7.08. The number of benzene rings is 1. The molecule has 23 heavy (non-hydrogen) atoms. The predicted molar refractivity (Wildman–Crippen MR) is 105 cm³/mol. The third kappa shape index (κ3) is 3.50. The third-order valence-corrected chi connectivity index (χ3v) is 5.22. The Morgan fingerprint density at radius 1 is 1.35 bits per heavy atom. The van der Waals surface area contributed by atoms with E-state index in [0.29, 0.717) is 18.1 Å². The molecule has 1 aromatic carbocycles. The molecule has 4 nitrogen and oxygen atoms in total. The first-order valence-corrected chi connectivity index (χ1v) is 8.14. The van der Waals surface area contributed by atoms with Crippen molar-refractivity contribution in [3.8, 4) is 0 Å². The van der Waals surface area contributed by atoms with Crippen molar-refractivity contribution in [3.63, 3.8) is 0 Å². The number of hydrogen-bond acceptors (Lipinski definition) is 2. The number of ether oxygens (including phenoxy) is 1. The summed E-state index contributed by atoms with van der Waals surface area (Å²) < 4.78 is 5.88. The van der Waals surface area contributed by atoms with Crippen LogP contribution in [0, 0.1) is 11.3 Å². The highest BCUT2D eigenvalue weighted by atomic mass is 127. The molecule has 3 atom stereocenters. The number of halogens is 1. The van der Waals surface area contributed by atoms with Crippen LogP contribution in [0.4, 0.5) is 0 Å². The van der Waals surface area contributed by atoms with Gasteiger partial charge in [0.15, 0.2) is 5.96 Å². The highest BCUT2D eigenvalue weighted by molar-refractivity contribution is 14.0. The zero-order valence-corrected chi connectivity index (χ0v) is 16.8. The van der Waals surface area contributed by atoms with Gasteiger partial charge >= 0.3 is 0 Å². The fourth-order valence-corrected chi connectivity index (χ4v) is 4.03. The standard InChI is InChI=1S/C18H27N3O.HI/c1-18(2)15(14-10-11-22-16(14)18)20-17(19-3)21(4)12-13-8-6-5-7-9-13;/h5-9,14-16H,10-12H2,1-4H3,(H,19,20);1H. The molecular formula is C18H28IN3O. The molecule has 0 bridgehead atoms. The summed E-state index contributed by atoms with van der Waals surface area (Å²) in [5.74, 6) is 1.59. The van der Waals surface area contributed by atoms with Crippen molar-refractivity contribution in [2.45, 2.75) is 39.0 Å². The monoisotopic (exact) mass is 429 g/mol. The zero-order chi connectivity index (χ0) is 15.7. The van der Waals surface area contributed by atoms with Crippen LogP contribution in [0.2, 0.25) is 0 Å². The van der Waals surface area contributed by atoms with Gasteiger partial charge in [-0.1, -0.05) is 44.2 Å². The van der Waals surface area contributed by atoms with Crippen molar-refractivity contribution < 1.29 is 4.74 Å². The van der Waals surface area contributed by atoms with Gasteiger partial charge in [0.2, 0.25) is 0 Å². The summed E-state index contributed by atoms with van der Waals surface area (Å²) in [6, 6.07) is 10.9. The van der Waals surface area contributed by atoms with Crippen LogP contribution in [0.5, 0.6) is 0 Å². The lowest BCUT2D eigenvalue weighted by atomic mass is 9.57. The molecule has 3 unspecified atom stereocenters. The molecule has 1 aromatic rings. The third-order valence-electron chi connectivity index (χ3n) is 5.22. The van der Waals surface area contributed by atoms with E-state index in [1.807, 2.05) is 13.1 Å². The summed E-state index contributed by atoms with van der Waals surface area (Å²) in [6.45, 7) is 6.34. The number of fused-ring (bicyclic) bond motifs is 1. The van der Waals surface area contributed by atoms with Crippen LogP contribution in [-0.2, 0) is 11.3 Å². The molecule has 1 saturated carbocycles. The van der Waals surface area contributed by atoms with Crippen LogP contribution in [0.15, 0.2) is 35.3 Å². The van der Waals surface area contributed by atoms with Crippen LogP contribution >= 0.6 is 24.0 Å². The Kier molecular flexibility index (Phi) is 5.94. The topological polar surface area (TPSA) is 36.9 Å². The molecule has 5 heteroatoms. The Morgan fingerprint density at radius 3 is 2.70 bits per heavy atom. The number of aliphatic imine (C=N–C) groups is 1. The molecule has 128 valence electrons. The van der Waals surface area contributed by atoms with Gasteiger partial charge in [-0.25, -0.2) is 0 Å². The Morgan fingerprint density at radius 2 is 2.04 bits per heavy atom. The largest absolute Gasteiger partial charge is 0.377 e. The fraction of sp³-hybridized carbons (Fsp3) is 0.611. The van der Waals surface area contributed by atoms with E-state index in [4.69, 9.17) is 4.74 Å². The first-order valence-electron chi connectivity index (χ1n) is 8.14. The number of guanidine groups is 1. The molecule has 1 heterocycles. The molecular weight excluding hydrogens is 401 g/mol. The van der Waals surface area contributed by atoms with Gasteiger partial charge < -0.3 is 15.0 Å². The van der Waals surface area contributed by atoms with Gasteiger partial charge in [-0.2, -0.15) is 0 Å². The van der Waals surface area contributed by atoms with Crippen LogP contribution in [0.1, 0.15) is 25.8 Å². The Labute approximate surface area is 156 Å². The number of hydrogen-bond donors (Lipinski definition) is 1. The maximum Gasteiger partial charge on any atom is 0.193 e. The molecule has 2 aliphatic rings. The molecule has 0 spiro atoms. The van der Waals surface area contributed by atoms with Gasteiger partial charge in [-0.3, -0.25) is 4.99 Å². The molecule has 0 amide bonds. The van der Waals surface area contributed by atoms with Crippen LogP contribution in [0.3, 0.4) is 0 Å². The summed E-state index contributed by atoms with van der Waals surface area (Å²) in [4.78, 5) is 6.67. The fourth-order valence-electron chi connectivity index (χ4n) is 4.03. The van der Waals surface area contributed by atoms with Crippen molar-refractivity contribution in [1.29, 1.82) is 0 Å². The van der Waals surface area contributed by atoms with Gasteiger partial charge in [0.05, 0.1) is 6.10 Å². The maximum atomic E-state index is 5.88. The highest BCUT2D eigenvalue weighted by Crippen LogP contribution is 2.52. The van der Waals surface area contributed by atoms with Crippen molar-refractivity contribution >= 4 is 29.9 Å². The van der Waals surface area contributed by atoms with Gasteiger partial charge in [0.25, 0.3) is 0 Å². The summed E-state index contributed by atoms with van der Waals surface area (Å²) in [6.07, 6.45) is 1.56. The number of rotatable bonds is 3. The van der Waals surface area contributed by atoms with E-state index in [9.17, 15) is 0 Å².